The van der Waals surface area contributed by atoms with Gasteiger partial charge in [-0.3, -0.25) is 4.79 Å². The molecular formula is C15H21NO2S. The predicted octanol–water partition coefficient (Wildman–Crippen LogP) is 2.85. The van der Waals surface area contributed by atoms with Gasteiger partial charge in [-0.2, -0.15) is 0 Å². The molecule has 19 heavy (non-hydrogen) atoms. The van der Waals surface area contributed by atoms with Gasteiger partial charge in [0, 0.05) is 18.0 Å². The van der Waals surface area contributed by atoms with Gasteiger partial charge in [0.05, 0.1) is 0 Å². The Kier molecular flexibility index (Phi) is 6.24. The summed E-state index contributed by atoms with van der Waals surface area (Å²) in [6, 6.07) is 10.3. The third-order valence-electron chi connectivity index (χ3n) is 3.10. The van der Waals surface area contributed by atoms with Gasteiger partial charge in [-0.1, -0.05) is 18.2 Å². The van der Waals surface area contributed by atoms with E-state index < -0.39 is 0 Å². The van der Waals surface area contributed by atoms with Crippen LogP contribution in [-0.4, -0.2) is 30.9 Å². The molecule has 1 heterocycles. The van der Waals surface area contributed by atoms with Crippen molar-refractivity contribution in [3.63, 3.8) is 0 Å². The number of ether oxygens (including phenoxy) is 1. The Morgan fingerprint density at radius 1 is 1.32 bits per heavy atom. The van der Waals surface area contributed by atoms with Crippen molar-refractivity contribution in [3.05, 3.63) is 30.3 Å². The second-order valence-corrected chi connectivity index (χ2v) is 5.83. The monoisotopic (exact) mass is 279 g/mol. The topological polar surface area (TPSA) is 38.3 Å². The predicted molar refractivity (Wildman–Crippen MR) is 78.4 cm³/mol. The van der Waals surface area contributed by atoms with Crippen molar-refractivity contribution in [2.24, 2.45) is 0 Å². The fraction of sp³-hybridized carbons (Fsp3) is 0.533. The van der Waals surface area contributed by atoms with Crippen molar-refractivity contribution in [2.45, 2.75) is 36.7 Å². The van der Waals surface area contributed by atoms with Gasteiger partial charge in [0.15, 0.2) is 0 Å². The van der Waals surface area contributed by atoms with Crippen LogP contribution in [0.3, 0.4) is 0 Å². The number of amides is 1. The van der Waals surface area contributed by atoms with Crippen LogP contribution in [0.4, 0.5) is 0 Å². The van der Waals surface area contributed by atoms with E-state index >= 15 is 0 Å². The van der Waals surface area contributed by atoms with Crippen LogP contribution in [-0.2, 0) is 9.53 Å². The molecule has 1 saturated heterocycles. The number of thioether (sulfide) groups is 1. The lowest BCUT2D eigenvalue weighted by atomic mass is 10.1. The maximum absolute atomic E-state index is 11.8. The number of benzene rings is 1. The zero-order chi connectivity index (χ0) is 13.3. The van der Waals surface area contributed by atoms with Gasteiger partial charge >= 0.3 is 0 Å². The second-order valence-electron chi connectivity index (χ2n) is 4.66. The molecule has 0 saturated carbocycles. The van der Waals surface area contributed by atoms with Crippen molar-refractivity contribution in [2.75, 3.05) is 18.9 Å². The molecular weight excluding hydrogens is 258 g/mol. The molecule has 0 aliphatic carbocycles. The van der Waals surface area contributed by atoms with Crippen LogP contribution >= 0.6 is 11.8 Å². The molecule has 2 rings (SSSR count). The van der Waals surface area contributed by atoms with Crippen molar-refractivity contribution >= 4 is 17.7 Å². The van der Waals surface area contributed by atoms with Crippen LogP contribution in [0.5, 0.6) is 0 Å². The minimum absolute atomic E-state index is 0.0596. The molecule has 1 aliphatic rings. The number of hydrogen-bond acceptors (Lipinski definition) is 3. The van der Waals surface area contributed by atoms with Gasteiger partial charge in [-0.05, 0) is 43.6 Å². The molecule has 1 aliphatic heterocycles. The normalized spacial score (nSPS) is 19.1. The van der Waals surface area contributed by atoms with Gasteiger partial charge < -0.3 is 10.1 Å². The summed E-state index contributed by atoms with van der Waals surface area (Å²) in [4.78, 5) is 13.1. The van der Waals surface area contributed by atoms with E-state index in [4.69, 9.17) is 4.74 Å². The Balaban J connectivity index is 1.55. The highest BCUT2D eigenvalue weighted by Crippen LogP contribution is 2.17. The Labute approximate surface area is 119 Å². The third-order valence-corrected chi connectivity index (χ3v) is 4.20. The number of carbonyl (C=O) groups is 1. The molecule has 1 N–H and O–H groups in total. The molecule has 0 radical (unpaired) electrons. The van der Waals surface area contributed by atoms with Crippen LogP contribution in [0, 0.1) is 0 Å². The van der Waals surface area contributed by atoms with E-state index in [9.17, 15) is 4.79 Å². The molecule has 3 nitrogen and oxygen atoms in total. The maximum atomic E-state index is 11.8. The van der Waals surface area contributed by atoms with E-state index in [0.717, 1.165) is 44.6 Å². The smallest absolute Gasteiger partial charge is 0.249 e. The molecule has 4 heteroatoms. The van der Waals surface area contributed by atoms with Gasteiger partial charge in [0.2, 0.25) is 5.91 Å². The van der Waals surface area contributed by atoms with Crippen LogP contribution in [0.15, 0.2) is 35.2 Å². The van der Waals surface area contributed by atoms with E-state index in [2.05, 4.69) is 17.4 Å². The van der Waals surface area contributed by atoms with E-state index in [-0.39, 0.29) is 12.0 Å². The summed E-state index contributed by atoms with van der Waals surface area (Å²) in [6.45, 7) is 1.46. The highest BCUT2D eigenvalue weighted by molar-refractivity contribution is 7.99. The summed E-state index contributed by atoms with van der Waals surface area (Å²) in [6.07, 6.45) is 3.82. The number of carbonyl (C=O) groups excluding carboxylic acids is 1. The first-order chi connectivity index (χ1) is 9.36. The lowest BCUT2D eigenvalue weighted by molar-refractivity contribution is -0.135. The minimum Gasteiger partial charge on any atom is -0.368 e. The van der Waals surface area contributed by atoms with E-state index in [0.29, 0.717) is 0 Å². The third kappa shape index (κ3) is 5.25. The van der Waals surface area contributed by atoms with Crippen molar-refractivity contribution in [1.82, 2.24) is 5.32 Å². The standard InChI is InChI=1S/C15H21NO2S/c17-15(14-9-4-5-11-18-14)16-10-6-12-19-13-7-2-1-3-8-13/h1-3,7-8,14H,4-6,9-12H2,(H,16,17)/t14-/m1/s1. The van der Waals surface area contributed by atoms with Gasteiger partial charge in [0.1, 0.15) is 6.10 Å². The van der Waals surface area contributed by atoms with Crippen LogP contribution in [0.2, 0.25) is 0 Å². The quantitative estimate of drug-likeness (QED) is 0.643. The van der Waals surface area contributed by atoms with E-state index in [1.165, 1.54) is 4.90 Å². The molecule has 1 atom stereocenters. The summed E-state index contributed by atoms with van der Waals surface area (Å²) in [5, 5.41) is 2.96. The highest BCUT2D eigenvalue weighted by atomic mass is 32.2. The Bertz CT molecular complexity index is 377. The van der Waals surface area contributed by atoms with Crippen molar-refractivity contribution < 1.29 is 9.53 Å². The first-order valence-corrected chi connectivity index (χ1v) is 7.92. The zero-order valence-corrected chi connectivity index (χ0v) is 12.0. The largest absolute Gasteiger partial charge is 0.368 e. The van der Waals surface area contributed by atoms with Gasteiger partial charge in [-0.25, -0.2) is 0 Å². The molecule has 1 amide bonds. The van der Waals surface area contributed by atoms with Crippen LogP contribution in [0.1, 0.15) is 25.7 Å². The van der Waals surface area contributed by atoms with Gasteiger partial charge in [-0.15, -0.1) is 11.8 Å². The Hall–Kier alpha value is -1.00. The molecule has 0 spiro atoms. The lowest BCUT2D eigenvalue weighted by Gasteiger charge is -2.21. The Morgan fingerprint density at radius 2 is 2.16 bits per heavy atom. The summed E-state index contributed by atoms with van der Waals surface area (Å²) < 4.78 is 5.45. The summed E-state index contributed by atoms with van der Waals surface area (Å²) in [5.41, 5.74) is 0. The fourth-order valence-electron chi connectivity index (χ4n) is 2.05. The zero-order valence-electron chi connectivity index (χ0n) is 11.1. The average Bonchev–Trinajstić information content (AvgIpc) is 2.49. The molecule has 1 fully saturated rings. The number of rotatable bonds is 6. The lowest BCUT2D eigenvalue weighted by Crippen LogP contribution is -2.38. The van der Waals surface area contributed by atoms with E-state index in [1.807, 2.05) is 30.0 Å². The van der Waals surface area contributed by atoms with Crippen LogP contribution < -0.4 is 5.32 Å². The first kappa shape index (κ1) is 14.4. The van der Waals surface area contributed by atoms with Crippen molar-refractivity contribution in [3.8, 4) is 0 Å². The molecule has 0 aromatic heterocycles. The van der Waals surface area contributed by atoms with E-state index in [1.54, 1.807) is 0 Å². The average molecular weight is 279 g/mol. The molecule has 1 aromatic rings. The Morgan fingerprint density at radius 3 is 2.89 bits per heavy atom. The SMILES string of the molecule is O=C(NCCCSc1ccccc1)[C@H]1CCCCO1. The minimum atomic E-state index is -0.212. The summed E-state index contributed by atoms with van der Waals surface area (Å²) in [5.74, 6) is 1.08. The van der Waals surface area contributed by atoms with Crippen LogP contribution in [0.25, 0.3) is 0 Å². The highest BCUT2D eigenvalue weighted by Gasteiger charge is 2.20. The molecule has 1 aromatic carbocycles. The molecule has 0 bridgehead atoms. The van der Waals surface area contributed by atoms with Crippen molar-refractivity contribution in [1.29, 1.82) is 0 Å². The summed E-state index contributed by atoms with van der Waals surface area (Å²) >= 11 is 1.83. The second kappa shape index (κ2) is 8.23. The van der Waals surface area contributed by atoms with Gasteiger partial charge in [0.25, 0.3) is 0 Å². The molecule has 0 unspecified atom stereocenters. The fourth-order valence-corrected chi connectivity index (χ4v) is 2.93. The first-order valence-electron chi connectivity index (χ1n) is 6.93. The maximum Gasteiger partial charge on any atom is 0.249 e. The number of nitrogens with one attached hydrogen (secondary N) is 1. The number of hydrogen-bond donors (Lipinski definition) is 1. The summed E-state index contributed by atoms with van der Waals surface area (Å²) in [7, 11) is 0. The molecule has 104 valence electrons.